The molecule has 0 saturated carbocycles. The number of hydrogen-bond donors (Lipinski definition) is 2. The quantitative estimate of drug-likeness (QED) is 0.490. The Morgan fingerprint density at radius 1 is 1.13 bits per heavy atom. The Kier molecular flexibility index (Phi) is 6.44. The largest absolute Gasteiger partial charge is 0.480 e. The number of halogens is 4. The Morgan fingerprint density at radius 3 is 2.55 bits per heavy atom. The zero-order chi connectivity index (χ0) is 27.2. The SMILES string of the molecule is COc1ncc(-c2cc(C(F)(F)F)c3c(N)ncnn23)cc1C(=O)N[C@@H]1CN(C(=O)N2CCCC2)C[C@@H]1F. The maximum Gasteiger partial charge on any atom is 0.418 e. The number of nitrogens with one attached hydrogen (secondary N) is 1. The monoisotopic (exact) mass is 536 g/mol. The summed E-state index contributed by atoms with van der Waals surface area (Å²) in [7, 11) is 1.27. The smallest absolute Gasteiger partial charge is 0.418 e. The molecular weight excluding hydrogens is 512 g/mol. The van der Waals surface area contributed by atoms with Crippen LogP contribution < -0.4 is 15.8 Å². The van der Waals surface area contributed by atoms with E-state index in [9.17, 15) is 27.2 Å². The van der Waals surface area contributed by atoms with Crippen molar-refractivity contribution in [2.45, 2.75) is 31.2 Å². The number of anilines is 1. The summed E-state index contributed by atoms with van der Waals surface area (Å²) in [6, 6.07) is 0.851. The van der Waals surface area contributed by atoms with Crippen molar-refractivity contribution >= 4 is 23.3 Å². The number of carbonyl (C=O) groups is 2. The van der Waals surface area contributed by atoms with E-state index in [1.54, 1.807) is 4.90 Å². The fourth-order valence-electron chi connectivity index (χ4n) is 4.82. The second-order valence-electron chi connectivity index (χ2n) is 9.11. The number of hydrogen-bond acceptors (Lipinski definition) is 7. The Bertz CT molecular complexity index is 1390. The van der Waals surface area contributed by atoms with Crippen LogP contribution in [0.25, 0.3) is 16.8 Å². The third-order valence-corrected chi connectivity index (χ3v) is 6.69. The van der Waals surface area contributed by atoms with E-state index >= 15 is 0 Å². The lowest BCUT2D eigenvalue weighted by atomic mass is 10.1. The molecule has 5 heterocycles. The third kappa shape index (κ3) is 4.52. The molecule has 3 N–H and O–H groups in total. The van der Waals surface area contributed by atoms with Gasteiger partial charge in [-0.2, -0.15) is 18.3 Å². The van der Waals surface area contributed by atoms with E-state index in [2.05, 4.69) is 20.4 Å². The molecular formula is C23H24F4N8O3. The van der Waals surface area contributed by atoms with Gasteiger partial charge in [0, 0.05) is 31.4 Å². The summed E-state index contributed by atoms with van der Waals surface area (Å²) in [5.74, 6) is -1.25. The van der Waals surface area contributed by atoms with Crippen LogP contribution in [0.2, 0.25) is 0 Å². The van der Waals surface area contributed by atoms with Gasteiger partial charge in [-0.1, -0.05) is 0 Å². The minimum Gasteiger partial charge on any atom is -0.480 e. The van der Waals surface area contributed by atoms with E-state index in [1.807, 2.05) is 0 Å². The van der Waals surface area contributed by atoms with Gasteiger partial charge in [-0.05, 0) is 25.0 Å². The molecule has 0 bridgehead atoms. The fourth-order valence-corrected chi connectivity index (χ4v) is 4.82. The van der Waals surface area contributed by atoms with E-state index < -0.39 is 35.4 Å². The molecule has 15 heteroatoms. The number of likely N-dealkylation sites (tertiary alicyclic amines) is 2. The summed E-state index contributed by atoms with van der Waals surface area (Å²) in [6.45, 7) is 1.04. The molecule has 11 nitrogen and oxygen atoms in total. The number of methoxy groups -OCH3 is 1. The summed E-state index contributed by atoms with van der Waals surface area (Å²) >= 11 is 0. The van der Waals surface area contributed by atoms with Crippen LogP contribution in [0.5, 0.6) is 5.88 Å². The summed E-state index contributed by atoms with van der Waals surface area (Å²) in [6.07, 6.45) is -2.24. The Hall–Kier alpha value is -4.17. The minimum absolute atomic E-state index is 0.0217. The number of rotatable bonds is 4. The predicted octanol–water partition coefficient (Wildman–Crippen LogP) is 2.37. The van der Waals surface area contributed by atoms with Crippen molar-refractivity contribution in [3.8, 4) is 17.1 Å². The molecule has 38 heavy (non-hydrogen) atoms. The molecule has 0 aromatic carbocycles. The number of nitrogens with two attached hydrogens (primary N) is 1. The number of amides is 3. The van der Waals surface area contributed by atoms with E-state index in [0.717, 1.165) is 29.8 Å². The first-order valence-corrected chi connectivity index (χ1v) is 11.8. The Morgan fingerprint density at radius 2 is 1.87 bits per heavy atom. The van der Waals surface area contributed by atoms with Gasteiger partial charge in [0.2, 0.25) is 5.88 Å². The van der Waals surface area contributed by atoms with Gasteiger partial charge in [-0.25, -0.2) is 23.7 Å². The predicted molar refractivity (Wildman–Crippen MR) is 126 cm³/mol. The second-order valence-corrected chi connectivity index (χ2v) is 9.11. The van der Waals surface area contributed by atoms with E-state index in [4.69, 9.17) is 10.5 Å². The first-order chi connectivity index (χ1) is 18.1. The molecule has 2 saturated heterocycles. The topological polar surface area (TPSA) is 131 Å². The van der Waals surface area contributed by atoms with Crippen molar-refractivity contribution < 1.29 is 31.9 Å². The molecule has 5 rings (SSSR count). The molecule has 3 aromatic heterocycles. The van der Waals surface area contributed by atoms with Gasteiger partial charge >= 0.3 is 12.2 Å². The summed E-state index contributed by atoms with van der Waals surface area (Å²) in [4.78, 5) is 36.6. The van der Waals surface area contributed by atoms with Gasteiger partial charge in [0.05, 0.1) is 31.0 Å². The van der Waals surface area contributed by atoms with Gasteiger partial charge in [0.25, 0.3) is 5.91 Å². The number of alkyl halides is 4. The number of ether oxygens (including phenoxy) is 1. The normalized spacial score (nSPS) is 19.8. The van der Waals surface area contributed by atoms with Gasteiger partial charge < -0.3 is 25.6 Å². The van der Waals surface area contributed by atoms with Crippen molar-refractivity contribution in [3.05, 3.63) is 35.8 Å². The van der Waals surface area contributed by atoms with Crippen LogP contribution in [0.3, 0.4) is 0 Å². The molecule has 2 aliphatic heterocycles. The van der Waals surface area contributed by atoms with Crippen molar-refractivity contribution in [2.75, 3.05) is 39.0 Å². The summed E-state index contributed by atoms with van der Waals surface area (Å²) < 4.78 is 62.1. The Balaban J connectivity index is 1.44. The number of pyridine rings is 1. The lowest BCUT2D eigenvalue weighted by Gasteiger charge is -2.23. The standard InChI is InChI=1S/C23H24F4N8O3/c1-38-21-13(20(36)32-16-10-34(9-15(16)24)22(37)33-4-2-3-5-33)6-12(8-29-21)17-7-14(23(25,26)27)18-19(28)30-11-31-35(17)18/h6-8,11,15-16H,2-5,9-10H2,1H3,(H,32,36)(H2,28,30,31)/t15-,16+/m0/s1. The van der Waals surface area contributed by atoms with Crippen molar-refractivity contribution in [3.63, 3.8) is 0 Å². The van der Waals surface area contributed by atoms with Gasteiger partial charge in [-0.15, -0.1) is 0 Å². The lowest BCUT2D eigenvalue weighted by Crippen LogP contribution is -2.44. The summed E-state index contributed by atoms with van der Waals surface area (Å²) in [5.41, 5.74) is 4.14. The van der Waals surface area contributed by atoms with Crippen LogP contribution in [-0.4, -0.2) is 86.8 Å². The van der Waals surface area contributed by atoms with E-state index in [0.29, 0.717) is 13.1 Å². The number of nitrogens with zero attached hydrogens (tertiary/aromatic N) is 6. The van der Waals surface area contributed by atoms with Gasteiger partial charge in [0.1, 0.15) is 23.6 Å². The number of aromatic nitrogens is 4. The molecule has 0 spiro atoms. The first-order valence-electron chi connectivity index (χ1n) is 11.8. The number of urea groups is 1. The molecule has 3 aromatic rings. The molecule has 2 aliphatic rings. The molecule has 3 amide bonds. The average Bonchev–Trinajstić information content (AvgIpc) is 3.63. The zero-order valence-corrected chi connectivity index (χ0v) is 20.2. The number of carbonyl (C=O) groups excluding carboxylic acids is 2. The van der Waals surface area contributed by atoms with E-state index in [-0.39, 0.29) is 47.6 Å². The third-order valence-electron chi connectivity index (χ3n) is 6.69. The first kappa shape index (κ1) is 25.5. The van der Waals surface area contributed by atoms with Crippen LogP contribution in [0.1, 0.15) is 28.8 Å². The second kappa shape index (κ2) is 9.61. The van der Waals surface area contributed by atoms with Crippen LogP contribution in [0, 0.1) is 0 Å². The van der Waals surface area contributed by atoms with Crippen LogP contribution in [0.15, 0.2) is 24.7 Å². The molecule has 202 valence electrons. The van der Waals surface area contributed by atoms with Crippen LogP contribution in [0.4, 0.5) is 28.2 Å². The fraction of sp³-hybridized carbons (Fsp3) is 0.435. The van der Waals surface area contributed by atoms with E-state index in [1.165, 1.54) is 24.3 Å². The highest BCUT2D eigenvalue weighted by molar-refractivity contribution is 5.98. The van der Waals surface area contributed by atoms with Gasteiger partial charge in [-0.3, -0.25) is 4.79 Å². The number of nitrogen functional groups attached to an aromatic ring is 1. The van der Waals surface area contributed by atoms with Crippen molar-refractivity contribution in [2.24, 2.45) is 0 Å². The minimum atomic E-state index is -4.75. The van der Waals surface area contributed by atoms with Crippen LogP contribution in [-0.2, 0) is 6.18 Å². The number of fused-ring (bicyclic) bond motifs is 1. The maximum atomic E-state index is 14.8. The highest BCUT2D eigenvalue weighted by atomic mass is 19.4. The molecule has 2 atom stereocenters. The molecule has 0 unspecified atom stereocenters. The molecule has 0 aliphatic carbocycles. The highest BCUT2D eigenvalue weighted by Gasteiger charge is 2.39. The summed E-state index contributed by atoms with van der Waals surface area (Å²) in [5, 5.41) is 6.47. The van der Waals surface area contributed by atoms with Crippen molar-refractivity contribution in [1.82, 2.24) is 34.7 Å². The zero-order valence-electron chi connectivity index (χ0n) is 20.2. The average molecular weight is 536 g/mol. The molecule has 2 fully saturated rings. The molecule has 0 radical (unpaired) electrons. The van der Waals surface area contributed by atoms with Crippen molar-refractivity contribution in [1.29, 1.82) is 0 Å². The van der Waals surface area contributed by atoms with Gasteiger partial charge in [0.15, 0.2) is 5.82 Å². The Labute approximate surface area is 213 Å². The lowest BCUT2D eigenvalue weighted by molar-refractivity contribution is -0.136. The highest BCUT2D eigenvalue weighted by Crippen LogP contribution is 2.39. The maximum absolute atomic E-state index is 14.8. The van der Waals surface area contributed by atoms with Crippen LogP contribution >= 0.6 is 0 Å².